The summed E-state index contributed by atoms with van der Waals surface area (Å²) in [6.45, 7) is 7.73. The van der Waals surface area contributed by atoms with Gasteiger partial charge in [-0.1, -0.05) is 19.9 Å². The monoisotopic (exact) mass is 210 g/mol. The molecule has 1 N–H and O–H groups in total. The summed E-state index contributed by atoms with van der Waals surface area (Å²) in [5.74, 6) is 0.151. The molecule has 0 fully saturated rings. The van der Waals surface area contributed by atoms with Gasteiger partial charge < -0.3 is 9.90 Å². The van der Waals surface area contributed by atoms with E-state index >= 15 is 0 Å². The van der Waals surface area contributed by atoms with Crippen LogP contribution in [0.1, 0.15) is 53.4 Å². The molecule has 1 rings (SSSR count). The van der Waals surface area contributed by atoms with Crippen molar-refractivity contribution in [3.63, 3.8) is 0 Å². The molecule has 0 amide bonds. The standard InChI is InChI=1S/C13H22O2/c1-10-6-5-8-12(3,4)13(10,15)9-7-11(2)14/h6,15H,5,7-9H2,1-4H3. The summed E-state index contributed by atoms with van der Waals surface area (Å²) < 4.78 is 0. The van der Waals surface area contributed by atoms with Crippen molar-refractivity contribution in [1.29, 1.82) is 0 Å². The fourth-order valence-corrected chi connectivity index (χ4v) is 2.45. The quantitative estimate of drug-likeness (QED) is 0.727. The smallest absolute Gasteiger partial charge is 0.129 e. The lowest BCUT2D eigenvalue weighted by molar-refractivity contribution is -0.119. The third kappa shape index (κ3) is 2.31. The van der Waals surface area contributed by atoms with Crippen LogP contribution in [0.4, 0.5) is 0 Å². The van der Waals surface area contributed by atoms with Crippen molar-refractivity contribution < 1.29 is 9.90 Å². The van der Waals surface area contributed by atoms with Crippen molar-refractivity contribution in [2.45, 2.75) is 59.0 Å². The molecule has 0 aromatic heterocycles. The van der Waals surface area contributed by atoms with Crippen molar-refractivity contribution in [1.82, 2.24) is 0 Å². The third-order valence-electron chi connectivity index (χ3n) is 3.83. The third-order valence-corrected chi connectivity index (χ3v) is 3.83. The minimum atomic E-state index is -0.795. The SMILES string of the molecule is CC(=O)CCC1(O)C(C)=CCCC1(C)C. The highest BCUT2D eigenvalue weighted by Crippen LogP contribution is 2.46. The zero-order chi connectivity index (χ0) is 11.7. The van der Waals surface area contributed by atoms with E-state index in [9.17, 15) is 9.90 Å². The Morgan fingerprint density at radius 3 is 2.60 bits per heavy atom. The molecule has 0 saturated carbocycles. The van der Waals surface area contributed by atoms with Gasteiger partial charge in [0.25, 0.3) is 0 Å². The molecule has 0 saturated heterocycles. The van der Waals surface area contributed by atoms with Crippen LogP contribution in [0.5, 0.6) is 0 Å². The fourth-order valence-electron chi connectivity index (χ4n) is 2.45. The molecule has 15 heavy (non-hydrogen) atoms. The molecule has 0 bridgehead atoms. The molecule has 0 aliphatic heterocycles. The van der Waals surface area contributed by atoms with Gasteiger partial charge in [-0.25, -0.2) is 0 Å². The van der Waals surface area contributed by atoms with Gasteiger partial charge in [-0.15, -0.1) is 0 Å². The molecule has 0 heterocycles. The normalized spacial score (nSPS) is 29.8. The second-order valence-electron chi connectivity index (χ2n) is 5.37. The average Bonchev–Trinajstić information content (AvgIpc) is 2.11. The lowest BCUT2D eigenvalue weighted by Gasteiger charge is -2.46. The highest BCUT2D eigenvalue weighted by atomic mass is 16.3. The highest BCUT2D eigenvalue weighted by molar-refractivity contribution is 5.75. The van der Waals surface area contributed by atoms with E-state index < -0.39 is 5.60 Å². The van der Waals surface area contributed by atoms with Gasteiger partial charge in [0, 0.05) is 6.42 Å². The molecule has 2 nitrogen and oxygen atoms in total. The Labute approximate surface area is 92.4 Å². The molecule has 1 aliphatic rings. The van der Waals surface area contributed by atoms with Crippen LogP contribution < -0.4 is 0 Å². The van der Waals surface area contributed by atoms with Gasteiger partial charge in [0.05, 0.1) is 5.60 Å². The van der Waals surface area contributed by atoms with E-state index in [4.69, 9.17) is 0 Å². The van der Waals surface area contributed by atoms with Crippen LogP contribution in [0.15, 0.2) is 11.6 Å². The first-order chi connectivity index (χ1) is 6.79. The molecule has 0 spiro atoms. The number of rotatable bonds is 3. The van der Waals surface area contributed by atoms with Crippen LogP contribution in [0, 0.1) is 5.41 Å². The summed E-state index contributed by atoms with van der Waals surface area (Å²) in [7, 11) is 0. The second-order valence-corrected chi connectivity index (χ2v) is 5.37. The van der Waals surface area contributed by atoms with E-state index in [1.165, 1.54) is 0 Å². The van der Waals surface area contributed by atoms with Gasteiger partial charge in [-0.3, -0.25) is 0 Å². The number of carbonyl (C=O) groups excluding carboxylic acids is 1. The Morgan fingerprint density at radius 1 is 1.53 bits per heavy atom. The van der Waals surface area contributed by atoms with Crippen molar-refractivity contribution in [2.24, 2.45) is 5.41 Å². The topological polar surface area (TPSA) is 37.3 Å². The van der Waals surface area contributed by atoms with Crippen molar-refractivity contribution >= 4 is 5.78 Å². The lowest BCUT2D eigenvalue weighted by atomic mass is 9.63. The maximum Gasteiger partial charge on any atom is 0.129 e. The van der Waals surface area contributed by atoms with Crippen LogP contribution in [-0.4, -0.2) is 16.5 Å². The Kier molecular flexibility index (Phi) is 3.39. The van der Waals surface area contributed by atoms with Crippen molar-refractivity contribution in [3.05, 3.63) is 11.6 Å². The number of aliphatic hydroxyl groups is 1. The summed E-state index contributed by atoms with van der Waals surface area (Å²) in [4.78, 5) is 11.0. The number of carbonyl (C=O) groups is 1. The maximum absolute atomic E-state index is 11.0. The van der Waals surface area contributed by atoms with Gasteiger partial charge in [0.15, 0.2) is 0 Å². The molecule has 0 aromatic carbocycles. The predicted octanol–water partition coefficient (Wildman–Crippen LogP) is 2.85. The molecule has 2 heteroatoms. The zero-order valence-corrected chi connectivity index (χ0v) is 10.3. The fraction of sp³-hybridized carbons (Fsp3) is 0.769. The lowest BCUT2D eigenvalue weighted by Crippen LogP contribution is -2.47. The molecule has 1 atom stereocenters. The number of hydrogen-bond donors (Lipinski definition) is 1. The Hall–Kier alpha value is -0.630. The van der Waals surface area contributed by atoms with E-state index in [0.717, 1.165) is 18.4 Å². The molecular weight excluding hydrogens is 188 g/mol. The van der Waals surface area contributed by atoms with Gasteiger partial charge in [0.1, 0.15) is 5.78 Å². The van der Waals surface area contributed by atoms with E-state index in [1.807, 2.05) is 6.92 Å². The molecule has 0 radical (unpaired) electrons. The van der Waals surface area contributed by atoms with Gasteiger partial charge in [-0.05, 0) is 44.1 Å². The minimum absolute atomic E-state index is 0.124. The first kappa shape index (κ1) is 12.4. The molecular formula is C13H22O2. The van der Waals surface area contributed by atoms with Gasteiger partial charge >= 0.3 is 0 Å². The maximum atomic E-state index is 11.0. The van der Waals surface area contributed by atoms with Crippen molar-refractivity contribution in [3.8, 4) is 0 Å². The summed E-state index contributed by atoms with van der Waals surface area (Å²) in [6.07, 6.45) is 5.13. The van der Waals surface area contributed by atoms with E-state index in [0.29, 0.717) is 12.8 Å². The predicted molar refractivity (Wildman–Crippen MR) is 61.6 cm³/mol. The zero-order valence-electron chi connectivity index (χ0n) is 10.3. The number of hydrogen-bond acceptors (Lipinski definition) is 2. The molecule has 0 aromatic rings. The van der Waals surface area contributed by atoms with E-state index in [-0.39, 0.29) is 11.2 Å². The summed E-state index contributed by atoms with van der Waals surface area (Å²) in [6, 6.07) is 0. The largest absolute Gasteiger partial charge is 0.385 e. The number of allylic oxidation sites excluding steroid dienone is 1. The average molecular weight is 210 g/mol. The summed E-state index contributed by atoms with van der Waals surface area (Å²) in [5, 5.41) is 10.7. The van der Waals surface area contributed by atoms with Crippen LogP contribution in [0.2, 0.25) is 0 Å². The van der Waals surface area contributed by atoms with Crippen molar-refractivity contribution in [2.75, 3.05) is 0 Å². The molecule has 86 valence electrons. The Bertz CT molecular complexity index is 289. The summed E-state index contributed by atoms with van der Waals surface area (Å²) >= 11 is 0. The number of ketones is 1. The Balaban J connectivity index is 2.89. The van der Waals surface area contributed by atoms with E-state index in [1.54, 1.807) is 6.92 Å². The van der Waals surface area contributed by atoms with Crippen LogP contribution in [0.3, 0.4) is 0 Å². The van der Waals surface area contributed by atoms with Gasteiger partial charge in [0.2, 0.25) is 0 Å². The molecule has 1 aliphatic carbocycles. The first-order valence-electron chi connectivity index (χ1n) is 5.69. The summed E-state index contributed by atoms with van der Waals surface area (Å²) in [5.41, 5.74) is 0.109. The van der Waals surface area contributed by atoms with Crippen LogP contribution in [-0.2, 0) is 4.79 Å². The Morgan fingerprint density at radius 2 is 2.13 bits per heavy atom. The molecule has 1 unspecified atom stereocenters. The van der Waals surface area contributed by atoms with Crippen LogP contribution in [0.25, 0.3) is 0 Å². The van der Waals surface area contributed by atoms with E-state index in [2.05, 4.69) is 19.9 Å². The highest BCUT2D eigenvalue weighted by Gasteiger charge is 2.45. The minimum Gasteiger partial charge on any atom is -0.385 e. The first-order valence-corrected chi connectivity index (χ1v) is 5.69. The van der Waals surface area contributed by atoms with Gasteiger partial charge in [-0.2, -0.15) is 0 Å². The second kappa shape index (κ2) is 4.09. The number of Topliss-reactive ketones (excluding diaryl/α,β-unsaturated/α-hetero) is 1. The van der Waals surface area contributed by atoms with Crippen LogP contribution >= 0.6 is 0 Å².